The van der Waals surface area contributed by atoms with Crippen LogP contribution in [-0.4, -0.2) is 9.97 Å². The van der Waals surface area contributed by atoms with Crippen LogP contribution in [0.15, 0.2) is 126 Å². The predicted molar refractivity (Wildman–Crippen MR) is 173 cm³/mol. The van der Waals surface area contributed by atoms with Gasteiger partial charge in [-0.3, -0.25) is 0 Å². The standard InChI is InChI=1S/C24H13N2O.C15H16N.Ir/c25-15-17-12-13-19-18-9-6-10-20(21-11-4-5-14-26-21)23(18)27-24(19)22(17)16-7-2-1-3-8-16;1-15(2,3)13-9-10-14(16-11-13)12-7-5-4-6-8-12;/h1-9,11-14H;4-7,9-11H,1-3H3;/q2*-1;/i;9D,10D,11D;. The first-order valence-corrected chi connectivity index (χ1v) is 13.9. The Balaban J connectivity index is 0.000000192. The van der Waals surface area contributed by atoms with Gasteiger partial charge in [-0.25, -0.2) is 0 Å². The van der Waals surface area contributed by atoms with E-state index in [0.717, 1.165) is 38.7 Å². The minimum absolute atomic E-state index is 0. The molecule has 0 fully saturated rings. The third-order valence-electron chi connectivity index (χ3n) is 7.00. The van der Waals surface area contributed by atoms with E-state index < -0.39 is 0 Å². The van der Waals surface area contributed by atoms with Crippen LogP contribution < -0.4 is 0 Å². The Morgan fingerprint density at radius 3 is 2.25 bits per heavy atom. The van der Waals surface area contributed by atoms with Crippen molar-refractivity contribution in [1.29, 1.82) is 5.26 Å². The molecule has 0 atom stereocenters. The molecule has 7 aromatic rings. The van der Waals surface area contributed by atoms with Gasteiger partial charge in [-0.2, -0.15) is 5.26 Å². The summed E-state index contributed by atoms with van der Waals surface area (Å²) in [6.45, 7) is 5.77. The quantitative estimate of drug-likeness (QED) is 0.169. The fourth-order valence-electron chi connectivity index (χ4n) is 4.80. The number of pyridine rings is 2. The number of nitrogens with zero attached hydrogens (tertiary/aromatic N) is 3. The zero-order chi connectivity index (χ0) is 32.4. The second kappa shape index (κ2) is 13.2. The Hall–Kier alpha value is -4.88. The first-order chi connectivity index (χ1) is 22.2. The first kappa shape index (κ1) is 26.7. The Morgan fingerprint density at radius 1 is 0.773 bits per heavy atom. The van der Waals surface area contributed by atoms with Crippen molar-refractivity contribution in [1.82, 2.24) is 9.97 Å². The number of nitriles is 1. The minimum Gasteiger partial charge on any atom is -0.500 e. The van der Waals surface area contributed by atoms with Gasteiger partial charge in [-0.15, -0.1) is 54.1 Å². The molecule has 0 bridgehead atoms. The molecule has 4 aromatic carbocycles. The van der Waals surface area contributed by atoms with Gasteiger partial charge in [0.1, 0.15) is 5.58 Å². The molecule has 1 radical (unpaired) electrons. The van der Waals surface area contributed by atoms with E-state index >= 15 is 0 Å². The molecule has 7 rings (SSSR count). The summed E-state index contributed by atoms with van der Waals surface area (Å²) in [5, 5.41) is 11.6. The fraction of sp³-hybridized carbons (Fsp3) is 0.103. The fourth-order valence-corrected chi connectivity index (χ4v) is 4.80. The van der Waals surface area contributed by atoms with E-state index in [-0.39, 0.29) is 43.8 Å². The van der Waals surface area contributed by atoms with Crippen molar-refractivity contribution in [3.8, 4) is 39.7 Å². The summed E-state index contributed by atoms with van der Waals surface area (Å²) in [5.41, 5.74) is 6.60. The van der Waals surface area contributed by atoms with Crippen LogP contribution in [0.4, 0.5) is 0 Å². The molecular weight excluding hydrogens is 719 g/mol. The molecule has 0 amide bonds. The van der Waals surface area contributed by atoms with E-state index in [1.165, 1.54) is 0 Å². The number of benzene rings is 4. The van der Waals surface area contributed by atoms with Crippen molar-refractivity contribution < 1.29 is 28.6 Å². The summed E-state index contributed by atoms with van der Waals surface area (Å²) in [4.78, 5) is 8.64. The minimum atomic E-state index is -0.365. The zero-order valence-corrected chi connectivity index (χ0v) is 26.8. The van der Waals surface area contributed by atoms with E-state index in [1.807, 2.05) is 106 Å². The molecular formula is C39H29IrN3O-2. The monoisotopic (exact) mass is 751 g/mol. The van der Waals surface area contributed by atoms with E-state index in [9.17, 15) is 5.26 Å². The van der Waals surface area contributed by atoms with Gasteiger partial charge in [-0.1, -0.05) is 92.3 Å². The summed E-state index contributed by atoms with van der Waals surface area (Å²) in [6.07, 6.45) is 1.83. The van der Waals surface area contributed by atoms with Crippen LogP contribution in [0.2, 0.25) is 0 Å². The molecule has 0 spiro atoms. The smallest absolute Gasteiger partial charge is 0.130 e. The summed E-state index contributed by atoms with van der Waals surface area (Å²) < 4.78 is 30.6. The molecule has 5 heteroatoms. The van der Waals surface area contributed by atoms with E-state index in [4.69, 9.17) is 8.53 Å². The second-order valence-corrected chi connectivity index (χ2v) is 11.0. The number of aromatic nitrogens is 2. The van der Waals surface area contributed by atoms with Crippen molar-refractivity contribution in [3.63, 3.8) is 0 Å². The van der Waals surface area contributed by atoms with Gasteiger partial charge < -0.3 is 14.4 Å². The Morgan fingerprint density at radius 2 is 1.55 bits per heavy atom. The van der Waals surface area contributed by atoms with Crippen molar-refractivity contribution in [3.05, 3.63) is 145 Å². The number of rotatable bonds is 3. The van der Waals surface area contributed by atoms with Crippen LogP contribution in [0, 0.1) is 23.5 Å². The molecule has 4 nitrogen and oxygen atoms in total. The SMILES string of the molecule is N#Cc1ccc2c(oc3c(-c4ccccn4)[c-]ccc32)c1-c1ccccc1.[2H]c1nc(-c2[c-]cccc2)c([2H])c([2H])c1C(C)(C)C.[Ir]. The number of fused-ring (bicyclic) bond motifs is 3. The summed E-state index contributed by atoms with van der Waals surface area (Å²) >= 11 is 0. The molecule has 3 aromatic heterocycles. The van der Waals surface area contributed by atoms with E-state index in [2.05, 4.69) is 28.2 Å². The molecule has 0 saturated heterocycles. The van der Waals surface area contributed by atoms with Crippen molar-refractivity contribution in [2.45, 2.75) is 26.2 Å². The van der Waals surface area contributed by atoms with Gasteiger partial charge in [0.2, 0.25) is 0 Å². The largest absolute Gasteiger partial charge is 0.500 e. The molecule has 0 aliphatic heterocycles. The molecule has 0 aliphatic carbocycles. The molecule has 3 heterocycles. The zero-order valence-electron chi connectivity index (χ0n) is 27.4. The Labute approximate surface area is 275 Å². The summed E-state index contributed by atoms with van der Waals surface area (Å²) in [7, 11) is 0. The molecule has 217 valence electrons. The molecule has 0 saturated carbocycles. The van der Waals surface area contributed by atoms with Crippen molar-refractivity contribution in [2.24, 2.45) is 0 Å². The van der Waals surface area contributed by atoms with E-state index in [1.54, 1.807) is 18.3 Å². The van der Waals surface area contributed by atoms with Gasteiger partial charge in [0.25, 0.3) is 0 Å². The maximum absolute atomic E-state index is 9.64. The van der Waals surface area contributed by atoms with Crippen LogP contribution >= 0.6 is 0 Å². The van der Waals surface area contributed by atoms with Gasteiger partial charge in [0, 0.05) is 43.4 Å². The van der Waals surface area contributed by atoms with Gasteiger partial charge >= 0.3 is 0 Å². The molecule has 44 heavy (non-hydrogen) atoms. The third kappa shape index (κ3) is 6.24. The van der Waals surface area contributed by atoms with Crippen molar-refractivity contribution >= 4 is 21.9 Å². The summed E-state index contributed by atoms with van der Waals surface area (Å²) in [6, 6.07) is 39.2. The third-order valence-corrected chi connectivity index (χ3v) is 7.00. The van der Waals surface area contributed by atoms with Crippen LogP contribution in [0.5, 0.6) is 0 Å². The maximum atomic E-state index is 9.64. The second-order valence-electron chi connectivity index (χ2n) is 11.0. The number of furan rings is 1. The van der Waals surface area contributed by atoms with Gasteiger partial charge in [0.15, 0.2) is 0 Å². The van der Waals surface area contributed by atoms with Crippen LogP contribution in [0.25, 0.3) is 55.6 Å². The normalized spacial score (nSPS) is 11.8. The van der Waals surface area contributed by atoms with Crippen LogP contribution in [0.1, 0.15) is 36.0 Å². The molecule has 0 unspecified atom stereocenters. The Bertz CT molecular complexity index is 2220. The molecule has 0 aliphatic rings. The number of hydrogen-bond acceptors (Lipinski definition) is 4. The maximum Gasteiger partial charge on any atom is 0.130 e. The average molecular weight is 751 g/mol. The van der Waals surface area contributed by atoms with Gasteiger partial charge in [-0.05, 0) is 40.1 Å². The topological polar surface area (TPSA) is 62.7 Å². The predicted octanol–water partition coefficient (Wildman–Crippen LogP) is 9.83. The average Bonchev–Trinajstić information content (AvgIpc) is 3.46. The number of hydrogen-bond donors (Lipinski definition) is 0. The van der Waals surface area contributed by atoms with Crippen LogP contribution in [-0.2, 0) is 25.5 Å². The first-order valence-electron chi connectivity index (χ1n) is 15.4. The van der Waals surface area contributed by atoms with E-state index in [0.29, 0.717) is 28.0 Å². The Kier molecular flexibility index (Phi) is 8.01. The van der Waals surface area contributed by atoms with Crippen LogP contribution in [0.3, 0.4) is 0 Å². The summed E-state index contributed by atoms with van der Waals surface area (Å²) in [5.74, 6) is 0. The van der Waals surface area contributed by atoms with Crippen molar-refractivity contribution in [2.75, 3.05) is 0 Å². The molecule has 0 N–H and O–H groups in total. The van der Waals surface area contributed by atoms with Gasteiger partial charge in [0.05, 0.1) is 21.3 Å².